The fourth-order valence-corrected chi connectivity index (χ4v) is 10.9. The van der Waals surface area contributed by atoms with Crippen molar-refractivity contribution in [1.29, 1.82) is 0 Å². The highest BCUT2D eigenvalue weighted by Gasteiger charge is 2.25. The van der Waals surface area contributed by atoms with Crippen molar-refractivity contribution in [3.05, 3.63) is 143 Å². The van der Waals surface area contributed by atoms with Crippen molar-refractivity contribution in [2.75, 3.05) is 71.4 Å². The Kier molecular flexibility index (Phi) is 16.5. The standard InChI is InChI=1S/C50H55ClF2N6O3S2.CO2/c1-34-29-44(17-18-48(34)54-39(33-63-43-7-5-4-6-8-43)19-22-57-23-20-42(60)21-24-57)64(61,62)55-38-13-15-40(16-14-38)58-25-27-59(28-26-58)41-31-45(49(53)47(52)32-41)46-30-35(2)56(3)50(46)36-9-11-37(51)12-10-36;2-1-3/h4-18,29-32,39,42,54-55,60H,19-28,33H2,1-3H3;/t39-;/m1./s1. The van der Waals surface area contributed by atoms with Crippen LogP contribution in [0.25, 0.3) is 22.4 Å². The van der Waals surface area contributed by atoms with E-state index < -0.39 is 21.7 Å². The molecule has 11 nitrogen and oxygen atoms in total. The Morgan fingerprint density at radius 2 is 1.45 bits per heavy atom. The van der Waals surface area contributed by atoms with E-state index in [1.165, 1.54) is 11.0 Å². The first-order valence-electron chi connectivity index (χ1n) is 22.2. The van der Waals surface area contributed by atoms with Crippen molar-refractivity contribution < 1.29 is 31.9 Å². The Morgan fingerprint density at radius 3 is 2.09 bits per heavy atom. The number of nitrogens with zero attached hydrogens (tertiary/aromatic N) is 4. The Labute approximate surface area is 400 Å². The highest BCUT2D eigenvalue weighted by Crippen LogP contribution is 2.39. The summed E-state index contributed by atoms with van der Waals surface area (Å²) in [5, 5.41) is 14.3. The van der Waals surface area contributed by atoms with Gasteiger partial charge in [0.2, 0.25) is 0 Å². The van der Waals surface area contributed by atoms with Crippen LogP contribution in [0.15, 0.2) is 125 Å². The first-order chi connectivity index (χ1) is 32.2. The van der Waals surface area contributed by atoms with Crippen LogP contribution in [0.4, 0.5) is 31.5 Å². The molecular weight excluding hydrogens is 914 g/mol. The minimum atomic E-state index is -3.88. The summed E-state index contributed by atoms with van der Waals surface area (Å²) in [7, 11) is -1.97. The predicted octanol–water partition coefficient (Wildman–Crippen LogP) is 9.87. The van der Waals surface area contributed by atoms with Gasteiger partial charge in [-0.2, -0.15) is 9.59 Å². The van der Waals surface area contributed by atoms with Gasteiger partial charge in [-0.15, -0.1) is 11.8 Å². The number of nitrogens with one attached hydrogen (secondary N) is 2. The van der Waals surface area contributed by atoms with E-state index >= 15 is 8.78 Å². The van der Waals surface area contributed by atoms with Gasteiger partial charge < -0.3 is 29.7 Å². The topological polar surface area (TPSA) is 127 Å². The number of hydrogen-bond donors (Lipinski definition) is 3. The number of anilines is 4. The molecule has 0 aliphatic carbocycles. The molecule has 6 aromatic rings. The third kappa shape index (κ3) is 12.5. The van der Waals surface area contributed by atoms with Crippen LogP contribution >= 0.6 is 23.4 Å². The van der Waals surface area contributed by atoms with E-state index in [1.807, 2.05) is 80.1 Å². The number of thioether (sulfide) groups is 1. The van der Waals surface area contributed by atoms with Gasteiger partial charge in [0.1, 0.15) is 0 Å². The number of piperidine rings is 1. The van der Waals surface area contributed by atoms with Gasteiger partial charge in [-0.05, 0) is 123 Å². The molecule has 2 aliphatic rings. The van der Waals surface area contributed by atoms with Gasteiger partial charge in [0.15, 0.2) is 11.6 Å². The molecule has 0 radical (unpaired) electrons. The maximum Gasteiger partial charge on any atom is 0.373 e. The number of aliphatic hydroxyl groups is 1. The molecule has 0 amide bonds. The lowest BCUT2D eigenvalue weighted by atomic mass is 9.99. The maximum atomic E-state index is 15.6. The molecule has 3 N–H and O–H groups in total. The van der Waals surface area contributed by atoms with Crippen molar-refractivity contribution in [2.45, 2.75) is 55.0 Å². The molecule has 352 valence electrons. The Hall–Kier alpha value is -5.67. The number of sulfonamides is 1. The number of hydrogen-bond acceptors (Lipinski definition) is 10. The molecule has 1 atom stereocenters. The smallest absolute Gasteiger partial charge is 0.373 e. The first kappa shape index (κ1) is 49.2. The molecule has 2 saturated heterocycles. The largest absolute Gasteiger partial charge is 0.393 e. The molecule has 0 saturated carbocycles. The average Bonchev–Trinajstić information content (AvgIpc) is 3.62. The lowest BCUT2D eigenvalue weighted by Crippen LogP contribution is -2.46. The summed E-state index contributed by atoms with van der Waals surface area (Å²) < 4.78 is 63.0. The van der Waals surface area contributed by atoms with E-state index in [4.69, 9.17) is 21.2 Å². The second-order valence-corrected chi connectivity index (χ2v) is 20.1. The normalized spacial score (nSPS) is 15.1. The molecule has 16 heteroatoms. The molecule has 0 bridgehead atoms. The van der Waals surface area contributed by atoms with Crippen LogP contribution < -0.4 is 19.8 Å². The number of aromatic nitrogens is 1. The fourth-order valence-electron chi connectivity index (χ4n) is 8.60. The number of likely N-dealkylation sites (tertiary alicyclic amines) is 1. The van der Waals surface area contributed by atoms with Crippen LogP contribution in [0.5, 0.6) is 0 Å². The minimum absolute atomic E-state index is 0.149. The summed E-state index contributed by atoms with van der Waals surface area (Å²) in [6.45, 7) is 9.00. The number of piperazine rings is 1. The van der Waals surface area contributed by atoms with Crippen molar-refractivity contribution in [1.82, 2.24) is 9.47 Å². The summed E-state index contributed by atoms with van der Waals surface area (Å²) in [5.74, 6) is -0.934. The van der Waals surface area contributed by atoms with Crippen molar-refractivity contribution in [3.63, 3.8) is 0 Å². The van der Waals surface area contributed by atoms with Gasteiger partial charge >= 0.3 is 6.15 Å². The second kappa shape index (κ2) is 22.4. The van der Waals surface area contributed by atoms with Crippen LogP contribution in [0, 0.1) is 25.5 Å². The van der Waals surface area contributed by atoms with Crippen molar-refractivity contribution in [2.24, 2.45) is 7.05 Å². The number of rotatable bonds is 15. The Bertz CT molecular complexity index is 2760. The van der Waals surface area contributed by atoms with Crippen molar-refractivity contribution >= 4 is 62.3 Å². The number of aliphatic hydroxyl groups excluding tert-OH is 1. The van der Waals surface area contributed by atoms with Crippen LogP contribution in [-0.2, 0) is 26.7 Å². The molecule has 2 fully saturated rings. The zero-order valence-electron chi connectivity index (χ0n) is 37.7. The molecule has 0 spiro atoms. The zero-order valence-corrected chi connectivity index (χ0v) is 40.1. The van der Waals surface area contributed by atoms with Gasteiger partial charge in [0, 0.05) is 120 Å². The quantitative estimate of drug-likeness (QED) is 0.0857. The lowest BCUT2D eigenvalue weighted by Gasteiger charge is -2.37. The van der Waals surface area contributed by atoms with Gasteiger partial charge in [0.25, 0.3) is 10.0 Å². The first-order valence-corrected chi connectivity index (χ1v) is 25.1. The van der Waals surface area contributed by atoms with E-state index in [0.717, 1.165) is 78.5 Å². The number of carbonyl (C=O) groups excluding carboxylic acids is 2. The Morgan fingerprint density at radius 1 is 0.806 bits per heavy atom. The van der Waals surface area contributed by atoms with Gasteiger partial charge in [-0.1, -0.05) is 41.9 Å². The number of aryl methyl sites for hydroxylation is 2. The summed E-state index contributed by atoms with van der Waals surface area (Å²) >= 11 is 7.96. The van der Waals surface area contributed by atoms with Gasteiger partial charge in [0.05, 0.1) is 16.7 Å². The fraction of sp³-hybridized carbons (Fsp3) is 0.314. The number of benzene rings is 5. The maximum absolute atomic E-state index is 15.6. The minimum Gasteiger partial charge on any atom is -0.393 e. The third-order valence-electron chi connectivity index (χ3n) is 12.4. The average molecular weight is 970 g/mol. The van der Waals surface area contributed by atoms with Gasteiger partial charge in [-0.3, -0.25) is 4.72 Å². The van der Waals surface area contributed by atoms with Gasteiger partial charge in [-0.25, -0.2) is 17.2 Å². The molecule has 1 aromatic heterocycles. The van der Waals surface area contributed by atoms with Crippen LogP contribution in [0.3, 0.4) is 0 Å². The SMILES string of the molecule is Cc1cc(S(=O)(=O)Nc2ccc(N3CCN(c4cc(F)c(F)c(-c5cc(C)n(C)c5-c5ccc(Cl)cc5)c4)CC3)cc2)ccc1N[C@H](CCN1CCC(O)CC1)CSc1ccccc1.O=C=O. The highest BCUT2D eigenvalue weighted by molar-refractivity contribution is 7.99. The predicted molar refractivity (Wildman–Crippen MR) is 265 cm³/mol. The van der Waals surface area contributed by atoms with Crippen molar-refractivity contribution in [3.8, 4) is 22.4 Å². The number of halogens is 3. The Balaban J connectivity index is 0.00000216. The summed E-state index contributed by atoms with van der Waals surface area (Å²) in [5.41, 5.74) is 7.09. The highest BCUT2D eigenvalue weighted by atomic mass is 35.5. The summed E-state index contributed by atoms with van der Waals surface area (Å²) in [6.07, 6.45) is 2.56. The zero-order chi connectivity index (χ0) is 47.7. The molecule has 0 unspecified atom stereocenters. The van der Waals surface area contributed by atoms with E-state index in [2.05, 4.69) is 36.9 Å². The van der Waals surface area contributed by atoms with E-state index in [1.54, 1.807) is 54.2 Å². The second-order valence-electron chi connectivity index (χ2n) is 16.9. The van der Waals surface area contributed by atoms with Crippen LogP contribution in [0.1, 0.15) is 30.5 Å². The molecule has 3 heterocycles. The van der Waals surface area contributed by atoms with Crippen LogP contribution in [-0.4, -0.2) is 92.9 Å². The van der Waals surface area contributed by atoms with E-state index in [9.17, 15) is 13.5 Å². The molecule has 5 aromatic carbocycles. The lowest BCUT2D eigenvalue weighted by molar-refractivity contribution is -0.191. The molecule has 67 heavy (non-hydrogen) atoms. The molecule has 2 aliphatic heterocycles. The molecular formula is C51H55ClF2N6O5S2. The monoisotopic (exact) mass is 968 g/mol. The molecule has 8 rings (SSSR count). The summed E-state index contributed by atoms with van der Waals surface area (Å²) in [6, 6.07) is 35.3. The van der Waals surface area contributed by atoms with E-state index in [0.29, 0.717) is 48.1 Å². The third-order valence-corrected chi connectivity index (χ3v) is 15.2. The summed E-state index contributed by atoms with van der Waals surface area (Å²) in [4.78, 5) is 24.3. The van der Waals surface area contributed by atoms with E-state index in [-0.39, 0.29) is 28.8 Å². The van der Waals surface area contributed by atoms with Crippen LogP contribution in [0.2, 0.25) is 5.02 Å².